The molecule has 1 amide bonds. The van der Waals surface area contributed by atoms with Gasteiger partial charge in [0.15, 0.2) is 0 Å². The van der Waals surface area contributed by atoms with Crippen LogP contribution < -0.4 is 5.32 Å². The van der Waals surface area contributed by atoms with Gasteiger partial charge in [-0.3, -0.25) is 4.79 Å². The van der Waals surface area contributed by atoms with E-state index in [1.807, 2.05) is 36.4 Å². The van der Waals surface area contributed by atoms with Gasteiger partial charge in [-0.25, -0.2) is 0 Å². The number of rotatable bonds is 4. The summed E-state index contributed by atoms with van der Waals surface area (Å²) in [6.07, 6.45) is 3.35. The lowest BCUT2D eigenvalue weighted by molar-refractivity contribution is -0.114. The Balaban J connectivity index is 1.74. The maximum Gasteiger partial charge on any atom is 0.221 e. The molecule has 1 aliphatic rings. The zero-order chi connectivity index (χ0) is 24.5. The molecular weight excluding hydrogens is 418 g/mol. The predicted octanol–water partition coefficient (Wildman–Crippen LogP) is 8.06. The molecule has 3 heteroatoms. The van der Waals surface area contributed by atoms with Crippen LogP contribution in [-0.2, 0) is 4.79 Å². The van der Waals surface area contributed by atoms with Crippen molar-refractivity contribution in [3.63, 3.8) is 0 Å². The van der Waals surface area contributed by atoms with E-state index in [2.05, 4.69) is 57.3 Å². The lowest BCUT2D eigenvalue weighted by atomic mass is 9.62. The van der Waals surface area contributed by atoms with Crippen LogP contribution in [0.15, 0.2) is 78.4 Å². The van der Waals surface area contributed by atoms with E-state index in [0.29, 0.717) is 0 Å². The van der Waals surface area contributed by atoms with Gasteiger partial charge in [0.1, 0.15) is 5.75 Å². The van der Waals surface area contributed by atoms with Gasteiger partial charge in [-0.05, 0) is 82.2 Å². The number of hydrogen-bond acceptors (Lipinski definition) is 2. The smallest absolute Gasteiger partial charge is 0.221 e. The van der Waals surface area contributed by atoms with Crippen LogP contribution in [0.5, 0.6) is 5.75 Å². The van der Waals surface area contributed by atoms with E-state index in [0.717, 1.165) is 35.2 Å². The molecule has 1 saturated carbocycles. The summed E-state index contributed by atoms with van der Waals surface area (Å²) in [5.74, 6) is 0.219. The van der Waals surface area contributed by atoms with Gasteiger partial charge in [-0.15, -0.1) is 0 Å². The number of phenols is 1. The number of phenolic OH excluding ortho intramolecular Hbond substituents is 1. The second-order valence-corrected chi connectivity index (χ2v) is 11.2. The molecule has 0 atom stereocenters. The molecule has 0 radical (unpaired) electrons. The number of nitrogens with one attached hydrogen (secondary N) is 1. The third-order valence-electron chi connectivity index (χ3n) is 6.56. The Bertz CT molecular complexity index is 1180. The summed E-state index contributed by atoms with van der Waals surface area (Å²) in [5, 5.41) is 12.7. The summed E-state index contributed by atoms with van der Waals surface area (Å²) in [7, 11) is 0. The Kier molecular flexibility index (Phi) is 6.40. The van der Waals surface area contributed by atoms with Crippen LogP contribution in [0, 0.1) is 10.8 Å². The number of carbonyl (C=O) groups excluding carboxylic acids is 1. The lowest BCUT2D eigenvalue weighted by Crippen LogP contribution is -2.30. The summed E-state index contributed by atoms with van der Waals surface area (Å²) < 4.78 is 0. The van der Waals surface area contributed by atoms with Crippen LogP contribution in [-0.4, -0.2) is 11.0 Å². The largest absolute Gasteiger partial charge is 0.508 e. The van der Waals surface area contributed by atoms with E-state index in [-0.39, 0.29) is 22.5 Å². The standard InChI is InChI=1S/C31H35NO2/c1-21(33)32-27-14-10-23(11-15-27)22-6-8-24(9-7-22)29(25-12-16-28(34)17-13-25)26-18-30(2,3)20-31(4,5)19-26/h6-17,34H,18-20H2,1-5H3,(H,32,33). The molecule has 176 valence electrons. The van der Waals surface area contributed by atoms with E-state index in [1.54, 1.807) is 12.1 Å². The average Bonchev–Trinajstić information content (AvgIpc) is 2.74. The van der Waals surface area contributed by atoms with Gasteiger partial charge in [0.25, 0.3) is 0 Å². The fourth-order valence-electron chi connectivity index (χ4n) is 5.80. The summed E-state index contributed by atoms with van der Waals surface area (Å²) in [6.45, 7) is 11.0. The number of hydrogen-bond donors (Lipinski definition) is 2. The van der Waals surface area contributed by atoms with Crippen molar-refractivity contribution < 1.29 is 9.90 Å². The third kappa shape index (κ3) is 5.59. The minimum Gasteiger partial charge on any atom is -0.508 e. The Morgan fingerprint density at radius 1 is 0.735 bits per heavy atom. The van der Waals surface area contributed by atoms with Crippen LogP contribution in [0.3, 0.4) is 0 Å². The van der Waals surface area contributed by atoms with E-state index in [9.17, 15) is 9.90 Å². The van der Waals surface area contributed by atoms with Crippen LogP contribution >= 0.6 is 0 Å². The normalized spacial score (nSPS) is 16.7. The molecule has 0 saturated heterocycles. The van der Waals surface area contributed by atoms with Crippen LogP contribution in [0.4, 0.5) is 5.69 Å². The number of allylic oxidation sites excluding steroid dienone is 1. The molecule has 0 spiro atoms. The van der Waals surface area contributed by atoms with Crippen molar-refractivity contribution in [2.45, 2.75) is 53.9 Å². The van der Waals surface area contributed by atoms with Crippen LogP contribution in [0.25, 0.3) is 16.7 Å². The topological polar surface area (TPSA) is 49.3 Å². The molecule has 3 aromatic rings. The molecule has 0 bridgehead atoms. The summed E-state index contributed by atoms with van der Waals surface area (Å²) in [4.78, 5) is 11.3. The highest BCUT2D eigenvalue weighted by atomic mass is 16.3. The Hall–Kier alpha value is -3.33. The Labute approximate surface area is 203 Å². The van der Waals surface area contributed by atoms with Crippen molar-refractivity contribution in [1.82, 2.24) is 0 Å². The zero-order valence-corrected chi connectivity index (χ0v) is 20.9. The quantitative estimate of drug-likeness (QED) is 0.420. The van der Waals surface area contributed by atoms with Crippen molar-refractivity contribution in [3.05, 3.63) is 89.5 Å². The first-order valence-electron chi connectivity index (χ1n) is 12.0. The van der Waals surface area contributed by atoms with Crippen LogP contribution in [0.2, 0.25) is 0 Å². The minimum atomic E-state index is -0.0685. The number of aromatic hydroxyl groups is 1. The molecule has 1 fully saturated rings. The van der Waals surface area contributed by atoms with Gasteiger partial charge >= 0.3 is 0 Å². The van der Waals surface area contributed by atoms with E-state index in [1.165, 1.54) is 30.1 Å². The third-order valence-corrected chi connectivity index (χ3v) is 6.56. The lowest BCUT2D eigenvalue weighted by Gasteiger charge is -2.43. The molecular formula is C31H35NO2. The number of benzene rings is 3. The molecule has 3 aromatic carbocycles. The van der Waals surface area contributed by atoms with Crippen molar-refractivity contribution >= 4 is 17.2 Å². The molecule has 2 N–H and O–H groups in total. The Morgan fingerprint density at radius 3 is 1.65 bits per heavy atom. The number of carbonyl (C=O) groups is 1. The number of anilines is 1. The first-order valence-corrected chi connectivity index (χ1v) is 12.0. The molecule has 0 unspecified atom stereocenters. The average molecular weight is 454 g/mol. The zero-order valence-electron chi connectivity index (χ0n) is 20.9. The molecule has 0 aliphatic heterocycles. The fraction of sp³-hybridized carbons (Fsp3) is 0.323. The van der Waals surface area contributed by atoms with Crippen molar-refractivity contribution in [3.8, 4) is 16.9 Å². The van der Waals surface area contributed by atoms with Gasteiger partial charge in [0.05, 0.1) is 0 Å². The van der Waals surface area contributed by atoms with E-state index >= 15 is 0 Å². The van der Waals surface area contributed by atoms with Gasteiger partial charge in [-0.1, -0.05) is 81.8 Å². The molecule has 3 nitrogen and oxygen atoms in total. The molecule has 0 aromatic heterocycles. The van der Waals surface area contributed by atoms with Crippen molar-refractivity contribution in [1.29, 1.82) is 0 Å². The summed E-state index contributed by atoms with van der Waals surface area (Å²) in [6, 6.07) is 24.3. The van der Waals surface area contributed by atoms with E-state index in [4.69, 9.17) is 0 Å². The first-order chi connectivity index (χ1) is 16.0. The summed E-state index contributed by atoms with van der Waals surface area (Å²) in [5.41, 5.74) is 8.66. The molecule has 0 heterocycles. The SMILES string of the molecule is CC(=O)Nc1ccc(-c2ccc(C(=C3CC(C)(C)CC(C)(C)C3)c3ccc(O)cc3)cc2)cc1. The van der Waals surface area contributed by atoms with Crippen LogP contribution in [0.1, 0.15) is 65.0 Å². The van der Waals surface area contributed by atoms with E-state index < -0.39 is 0 Å². The highest BCUT2D eigenvalue weighted by Crippen LogP contribution is 2.51. The predicted molar refractivity (Wildman–Crippen MR) is 142 cm³/mol. The molecule has 1 aliphatic carbocycles. The van der Waals surface area contributed by atoms with Gasteiger partial charge < -0.3 is 10.4 Å². The van der Waals surface area contributed by atoms with Gasteiger partial charge in [-0.2, -0.15) is 0 Å². The maximum atomic E-state index is 11.3. The van der Waals surface area contributed by atoms with Crippen molar-refractivity contribution in [2.24, 2.45) is 10.8 Å². The van der Waals surface area contributed by atoms with Gasteiger partial charge in [0.2, 0.25) is 5.91 Å². The Morgan fingerprint density at radius 2 is 1.18 bits per heavy atom. The van der Waals surface area contributed by atoms with Crippen molar-refractivity contribution in [2.75, 3.05) is 5.32 Å². The number of amides is 1. The summed E-state index contributed by atoms with van der Waals surface area (Å²) >= 11 is 0. The second-order valence-electron chi connectivity index (χ2n) is 11.2. The first kappa shape index (κ1) is 23.8. The monoisotopic (exact) mass is 453 g/mol. The highest BCUT2D eigenvalue weighted by Gasteiger charge is 2.37. The highest BCUT2D eigenvalue weighted by molar-refractivity contribution is 5.89. The van der Waals surface area contributed by atoms with Gasteiger partial charge in [0, 0.05) is 12.6 Å². The second kappa shape index (κ2) is 9.13. The minimum absolute atomic E-state index is 0.0685. The fourth-order valence-corrected chi connectivity index (χ4v) is 5.80. The maximum absolute atomic E-state index is 11.3. The molecule has 34 heavy (non-hydrogen) atoms. The molecule has 4 rings (SSSR count).